The molecule has 2 saturated carbocycles. The van der Waals surface area contributed by atoms with E-state index in [1.54, 1.807) is 7.11 Å². The number of ether oxygens (including phenoxy) is 1. The molecule has 3 nitrogen and oxygen atoms in total. The molecular formula is C16H21ClN2OS. The maximum absolute atomic E-state index is 6.13. The fraction of sp³-hybridized carbons (Fsp3) is 0.562. The Morgan fingerprint density at radius 3 is 2.76 bits per heavy atom. The van der Waals surface area contributed by atoms with Crippen molar-refractivity contribution in [1.29, 1.82) is 0 Å². The highest BCUT2D eigenvalue weighted by Gasteiger charge is 2.39. The van der Waals surface area contributed by atoms with Crippen molar-refractivity contribution in [3.63, 3.8) is 0 Å². The van der Waals surface area contributed by atoms with Gasteiger partial charge in [-0.15, -0.1) is 0 Å². The summed E-state index contributed by atoms with van der Waals surface area (Å²) in [6.45, 7) is 1.97. The first-order valence-electron chi connectivity index (χ1n) is 7.48. The molecule has 0 unspecified atom stereocenters. The highest BCUT2D eigenvalue weighted by Crippen LogP contribution is 2.44. The van der Waals surface area contributed by atoms with Crippen LogP contribution in [0.25, 0.3) is 0 Å². The van der Waals surface area contributed by atoms with Gasteiger partial charge in [0.15, 0.2) is 5.11 Å². The minimum absolute atomic E-state index is 0.531. The molecule has 2 aliphatic carbocycles. The van der Waals surface area contributed by atoms with Crippen molar-refractivity contribution in [3.8, 4) is 5.75 Å². The van der Waals surface area contributed by atoms with Gasteiger partial charge in [-0.25, -0.2) is 0 Å². The maximum Gasteiger partial charge on any atom is 0.171 e. The number of hydrogen-bond donors (Lipinski definition) is 2. The molecule has 2 fully saturated rings. The van der Waals surface area contributed by atoms with Crippen LogP contribution >= 0.6 is 23.8 Å². The van der Waals surface area contributed by atoms with Gasteiger partial charge in [0.05, 0.1) is 12.8 Å². The monoisotopic (exact) mass is 324 g/mol. The highest BCUT2D eigenvalue weighted by atomic mass is 35.5. The summed E-state index contributed by atoms with van der Waals surface area (Å²) in [6.07, 6.45) is 5.36. The number of methoxy groups -OCH3 is 1. The molecule has 0 aliphatic heterocycles. The van der Waals surface area contributed by atoms with E-state index in [1.807, 2.05) is 19.1 Å². The Labute approximate surface area is 136 Å². The van der Waals surface area contributed by atoms with Gasteiger partial charge in [0.25, 0.3) is 0 Å². The van der Waals surface area contributed by atoms with Gasteiger partial charge in [-0.2, -0.15) is 0 Å². The molecule has 21 heavy (non-hydrogen) atoms. The average molecular weight is 325 g/mol. The Kier molecular flexibility index (Phi) is 4.27. The van der Waals surface area contributed by atoms with Crippen LogP contribution in [0.3, 0.4) is 0 Å². The normalized spacial score (nSPS) is 26.7. The number of thiocarbonyl (C=S) groups is 1. The van der Waals surface area contributed by atoms with E-state index in [-0.39, 0.29) is 0 Å². The number of anilines is 1. The zero-order chi connectivity index (χ0) is 15.0. The van der Waals surface area contributed by atoms with E-state index in [1.165, 1.54) is 25.7 Å². The molecule has 1 aromatic rings. The number of rotatable bonds is 3. The summed E-state index contributed by atoms with van der Waals surface area (Å²) in [4.78, 5) is 0. The zero-order valence-electron chi connectivity index (χ0n) is 12.4. The Bertz CT molecular complexity index is 563. The molecule has 0 amide bonds. The average Bonchev–Trinajstić information content (AvgIpc) is 3.05. The topological polar surface area (TPSA) is 33.3 Å². The molecule has 0 aromatic heterocycles. The van der Waals surface area contributed by atoms with Crippen LogP contribution in [-0.2, 0) is 0 Å². The van der Waals surface area contributed by atoms with Crippen molar-refractivity contribution in [2.45, 2.75) is 38.6 Å². The molecule has 3 atom stereocenters. The first-order valence-corrected chi connectivity index (χ1v) is 8.27. The van der Waals surface area contributed by atoms with Gasteiger partial charge >= 0.3 is 0 Å². The second-order valence-corrected chi connectivity index (χ2v) is 7.00. The number of fused-ring (bicyclic) bond motifs is 2. The SMILES string of the molecule is COc1cc(Cl)c(C)cc1NC(=S)N[C@H]1C[C@H]2CC[C@@H]1C2. The molecule has 0 heterocycles. The summed E-state index contributed by atoms with van der Waals surface area (Å²) in [6, 6.07) is 4.32. The Morgan fingerprint density at radius 1 is 1.33 bits per heavy atom. The zero-order valence-corrected chi connectivity index (χ0v) is 14.0. The third-order valence-electron chi connectivity index (χ3n) is 4.78. The quantitative estimate of drug-likeness (QED) is 0.819. The van der Waals surface area contributed by atoms with E-state index in [0.29, 0.717) is 21.9 Å². The third-order valence-corrected chi connectivity index (χ3v) is 5.41. The number of benzene rings is 1. The lowest BCUT2D eigenvalue weighted by molar-refractivity contribution is 0.391. The van der Waals surface area contributed by atoms with Crippen LogP contribution in [-0.4, -0.2) is 18.3 Å². The van der Waals surface area contributed by atoms with E-state index >= 15 is 0 Å². The van der Waals surface area contributed by atoms with Crippen molar-refractivity contribution in [2.75, 3.05) is 12.4 Å². The van der Waals surface area contributed by atoms with Crippen LogP contribution in [0.4, 0.5) is 5.69 Å². The molecule has 1 aromatic carbocycles. The first kappa shape index (κ1) is 14.9. The highest BCUT2D eigenvalue weighted by molar-refractivity contribution is 7.80. The molecule has 2 bridgehead atoms. The van der Waals surface area contributed by atoms with Crippen LogP contribution in [0, 0.1) is 18.8 Å². The Hall–Kier alpha value is -1.00. The summed E-state index contributed by atoms with van der Waals surface area (Å²) in [5.41, 5.74) is 1.86. The summed E-state index contributed by atoms with van der Waals surface area (Å²) in [7, 11) is 1.64. The Morgan fingerprint density at radius 2 is 2.14 bits per heavy atom. The lowest BCUT2D eigenvalue weighted by Gasteiger charge is -2.25. The van der Waals surface area contributed by atoms with E-state index in [9.17, 15) is 0 Å². The maximum atomic E-state index is 6.13. The van der Waals surface area contributed by atoms with Gasteiger partial charge in [-0.3, -0.25) is 0 Å². The van der Waals surface area contributed by atoms with Crippen LogP contribution in [0.1, 0.15) is 31.2 Å². The smallest absolute Gasteiger partial charge is 0.171 e. The second kappa shape index (κ2) is 6.01. The molecule has 5 heteroatoms. The van der Waals surface area contributed by atoms with Gasteiger partial charge in [0.1, 0.15) is 5.75 Å². The van der Waals surface area contributed by atoms with E-state index < -0.39 is 0 Å². The summed E-state index contributed by atoms with van der Waals surface area (Å²) < 4.78 is 5.37. The van der Waals surface area contributed by atoms with Crippen molar-refractivity contribution in [2.24, 2.45) is 11.8 Å². The predicted molar refractivity (Wildman–Crippen MR) is 91.3 cm³/mol. The lowest BCUT2D eigenvalue weighted by atomic mass is 9.95. The second-order valence-electron chi connectivity index (χ2n) is 6.18. The fourth-order valence-corrected chi connectivity index (χ4v) is 4.09. The van der Waals surface area contributed by atoms with Crippen molar-refractivity contribution >= 4 is 34.6 Å². The van der Waals surface area contributed by atoms with Gasteiger partial charge in [-0.05, 0) is 61.9 Å². The third kappa shape index (κ3) is 3.11. The minimum atomic E-state index is 0.531. The van der Waals surface area contributed by atoms with E-state index in [0.717, 1.165) is 23.1 Å². The van der Waals surface area contributed by atoms with E-state index in [4.69, 9.17) is 28.6 Å². The largest absolute Gasteiger partial charge is 0.495 e. The first-order chi connectivity index (χ1) is 10.1. The summed E-state index contributed by atoms with van der Waals surface area (Å²) in [5.74, 6) is 2.41. The van der Waals surface area contributed by atoms with Crippen LogP contribution in [0.5, 0.6) is 5.75 Å². The van der Waals surface area contributed by atoms with Crippen LogP contribution in [0.15, 0.2) is 12.1 Å². The summed E-state index contributed by atoms with van der Waals surface area (Å²) in [5, 5.41) is 8.10. The summed E-state index contributed by atoms with van der Waals surface area (Å²) >= 11 is 11.6. The van der Waals surface area contributed by atoms with Gasteiger partial charge in [-0.1, -0.05) is 18.0 Å². The molecule has 2 N–H and O–H groups in total. The molecule has 0 spiro atoms. The standard InChI is InChI=1S/C16H21ClN2OS/c1-9-5-14(15(20-2)8-12(9)17)19-16(21)18-13-7-10-3-4-11(13)6-10/h5,8,10-11,13H,3-4,6-7H2,1-2H3,(H2,18,19,21)/t10-,11+,13-/m0/s1. The van der Waals surface area contributed by atoms with Gasteiger partial charge < -0.3 is 15.4 Å². The fourth-order valence-electron chi connectivity index (χ4n) is 3.68. The van der Waals surface area contributed by atoms with Crippen molar-refractivity contribution < 1.29 is 4.74 Å². The van der Waals surface area contributed by atoms with E-state index in [2.05, 4.69) is 10.6 Å². The molecule has 2 aliphatic rings. The lowest BCUT2D eigenvalue weighted by Crippen LogP contribution is -2.40. The number of nitrogens with one attached hydrogen (secondary N) is 2. The molecule has 3 rings (SSSR count). The molecule has 114 valence electrons. The minimum Gasteiger partial charge on any atom is -0.495 e. The Balaban J connectivity index is 1.66. The van der Waals surface area contributed by atoms with Crippen molar-refractivity contribution in [3.05, 3.63) is 22.7 Å². The van der Waals surface area contributed by atoms with Crippen LogP contribution < -0.4 is 15.4 Å². The van der Waals surface area contributed by atoms with Gasteiger partial charge in [0.2, 0.25) is 0 Å². The van der Waals surface area contributed by atoms with Crippen LogP contribution in [0.2, 0.25) is 5.02 Å². The molecule has 0 saturated heterocycles. The molecular weight excluding hydrogens is 304 g/mol. The number of halogens is 1. The van der Waals surface area contributed by atoms with Gasteiger partial charge in [0, 0.05) is 17.1 Å². The van der Waals surface area contributed by atoms with Crippen molar-refractivity contribution in [1.82, 2.24) is 5.32 Å². The molecule has 0 radical (unpaired) electrons. The number of aryl methyl sites for hydroxylation is 1. The number of hydrogen-bond acceptors (Lipinski definition) is 2. The predicted octanol–water partition coefficient (Wildman–Crippen LogP) is 4.13.